The molecular weight excluding hydrogens is 353 g/mol. The lowest BCUT2D eigenvalue weighted by Gasteiger charge is -2.08. The van der Waals surface area contributed by atoms with Gasteiger partial charge in [-0.05, 0) is 47.7 Å². The quantitative estimate of drug-likeness (QED) is 0.454. The second-order valence-corrected chi connectivity index (χ2v) is 7.03. The Kier molecular flexibility index (Phi) is 4.65. The summed E-state index contributed by atoms with van der Waals surface area (Å²) in [5.41, 5.74) is 9.24. The van der Waals surface area contributed by atoms with Crippen LogP contribution < -0.4 is 11.1 Å². The third kappa shape index (κ3) is 3.64. The van der Waals surface area contributed by atoms with Crippen LogP contribution in [0.25, 0.3) is 11.1 Å². The fourth-order valence-electron chi connectivity index (χ4n) is 3.45. The number of nitrogens with two attached hydrogens (primary N) is 1. The number of rotatable bonds is 5. The lowest BCUT2D eigenvalue weighted by Crippen LogP contribution is -2.15. The lowest BCUT2D eigenvalue weighted by molar-refractivity contribution is -0.117. The van der Waals surface area contributed by atoms with Gasteiger partial charge in [0.1, 0.15) is 11.7 Å². The van der Waals surface area contributed by atoms with Crippen LogP contribution in [0.4, 0.5) is 10.1 Å². The third-order valence-electron chi connectivity index (χ3n) is 5.09. The smallest absolute Gasteiger partial charge is 0.228 e. The molecule has 4 rings (SSSR count). The van der Waals surface area contributed by atoms with E-state index in [1.807, 2.05) is 18.2 Å². The van der Waals surface area contributed by atoms with E-state index < -0.39 is 0 Å². The Hall–Kier alpha value is -3.47. The van der Waals surface area contributed by atoms with Crippen molar-refractivity contribution in [1.82, 2.24) is 0 Å². The van der Waals surface area contributed by atoms with Gasteiger partial charge in [0, 0.05) is 22.7 Å². The van der Waals surface area contributed by atoms with Crippen LogP contribution in [0.3, 0.4) is 0 Å². The zero-order chi connectivity index (χ0) is 19.7. The Morgan fingerprint density at radius 2 is 1.79 bits per heavy atom. The Balaban J connectivity index is 1.42. The number of anilines is 1. The molecule has 0 saturated heterocycles. The van der Waals surface area contributed by atoms with Crippen LogP contribution in [0, 0.1) is 17.1 Å². The van der Waals surface area contributed by atoms with Gasteiger partial charge in [0.05, 0.1) is 0 Å². The summed E-state index contributed by atoms with van der Waals surface area (Å²) in [6, 6.07) is 21.3. The summed E-state index contributed by atoms with van der Waals surface area (Å²) >= 11 is 0. The summed E-state index contributed by atoms with van der Waals surface area (Å²) in [5, 5.41) is 10.5. The van der Waals surface area contributed by atoms with Crippen molar-refractivity contribution in [2.45, 2.75) is 12.3 Å². The van der Waals surface area contributed by atoms with Gasteiger partial charge in [0.2, 0.25) is 5.91 Å². The highest BCUT2D eigenvalue weighted by atomic mass is 19.1. The number of carbonyl (C=O) groups excluding carboxylic acids is 1. The van der Waals surface area contributed by atoms with E-state index in [2.05, 4.69) is 5.32 Å². The van der Waals surface area contributed by atoms with Crippen molar-refractivity contribution in [1.29, 1.82) is 5.41 Å². The summed E-state index contributed by atoms with van der Waals surface area (Å²) in [6.07, 6.45) is 0.778. The van der Waals surface area contributed by atoms with Crippen molar-refractivity contribution in [3.8, 4) is 11.1 Å². The first-order chi connectivity index (χ1) is 13.5. The summed E-state index contributed by atoms with van der Waals surface area (Å²) in [6.45, 7) is 0. The molecule has 1 aliphatic carbocycles. The van der Waals surface area contributed by atoms with Crippen LogP contribution in [-0.4, -0.2) is 11.7 Å². The first-order valence-corrected chi connectivity index (χ1v) is 9.13. The zero-order valence-corrected chi connectivity index (χ0v) is 15.2. The van der Waals surface area contributed by atoms with Gasteiger partial charge in [-0.2, -0.15) is 0 Å². The van der Waals surface area contributed by atoms with Gasteiger partial charge in [0.15, 0.2) is 0 Å². The highest BCUT2D eigenvalue weighted by Crippen LogP contribution is 2.48. The van der Waals surface area contributed by atoms with Crippen LogP contribution in [0.5, 0.6) is 0 Å². The number of nitrogens with one attached hydrogen (secondary N) is 2. The third-order valence-corrected chi connectivity index (χ3v) is 5.09. The minimum atomic E-state index is -0.270. The molecule has 3 aromatic rings. The van der Waals surface area contributed by atoms with Gasteiger partial charge in [-0.15, -0.1) is 0 Å². The van der Waals surface area contributed by atoms with Crippen LogP contribution >= 0.6 is 0 Å². The highest BCUT2D eigenvalue weighted by Gasteiger charge is 2.44. The number of amides is 1. The molecule has 0 aliphatic heterocycles. The normalized spacial score (nSPS) is 17.8. The zero-order valence-electron chi connectivity index (χ0n) is 15.2. The molecule has 0 spiro atoms. The summed E-state index contributed by atoms with van der Waals surface area (Å²) in [5.74, 6) is -0.214. The van der Waals surface area contributed by atoms with Crippen molar-refractivity contribution in [2.24, 2.45) is 11.7 Å². The van der Waals surface area contributed by atoms with E-state index in [1.54, 1.807) is 48.5 Å². The number of carbonyl (C=O) groups is 1. The van der Waals surface area contributed by atoms with E-state index >= 15 is 0 Å². The van der Waals surface area contributed by atoms with E-state index in [0.717, 1.165) is 17.5 Å². The molecule has 0 bridgehead atoms. The Labute approximate surface area is 162 Å². The molecule has 0 unspecified atom stereocenters. The second kappa shape index (κ2) is 7.27. The fraction of sp³-hybridized carbons (Fsp3) is 0.130. The van der Waals surface area contributed by atoms with E-state index in [4.69, 9.17) is 11.1 Å². The molecule has 0 radical (unpaired) electrons. The first kappa shape index (κ1) is 17.9. The average Bonchev–Trinajstić information content (AvgIpc) is 3.50. The molecule has 28 heavy (non-hydrogen) atoms. The predicted molar refractivity (Wildman–Crippen MR) is 109 cm³/mol. The molecule has 1 amide bonds. The van der Waals surface area contributed by atoms with E-state index in [9.17, 15) is 9.18 Å². The Bertz CT molecular complexity index is 1050. The minimum absolute atomic E-state index is 0.0263. The molecule has 0 heterocycles. The van der Waals surface area contributed by atoms with Crippen molar-refractivity contribution >= 4 is 17.4 Å². The van der Waals surface area contributed by atoms with E-state index in [1.165, 1.54) is 6.07 Å². The minimum Gasteiger partial charge on any atom is -0.384 e. The molecule has 1 fully saturated rings. The highest BCUT2D eigenvalue weighted by molar-refractivity contribution is 5.96. The van der Waals surface area contributed by atoms with E-state index in [-0.39, 0.29) is 29.4 Å². The molecule has 1 saturated carbocycles. The molecular formula is C23H20FN3O. The van der Waals surface area contributed by atoms with Crippen molar-refractivity contribution in [2.75, 3.05) is 5.32 Å². The largest absolute Gasteiger partial charge is 0.384 e. The Morgan fingerprint density at radius 3 is 2.50 bits per heavy atom. The summed E-state index contributed by atoms with van der Waals surface area (Å²) < 4.78 is 13.9. The lowest BCUT2D eigenvalue weighted by atomic mass is 10.0. The maximum absolute atomic E-state index is 13.9. The molecule has 5 heteroatoms. The molecule has 3 aromatic carbocycles. The monoisotopic (exact) mass is 373 g/mol. The summed E-state index contributed by atoms with van der Waals surface area (Å²) in [7, 11) is 0. The number of benzene rings is 3. The van der Waals surface area contributed by atoms with Crippen LogP contribution in [0.2, 0.25) is 0 Å². The molecule has 140 valence electrons. The average molecular weight is 373 g/mol. The molecule has 1 aliphatic rings. The van der Waals surface area contributed by atoms with Crippen LogP contribution in [0.1, 0.15) is 23.5 Å². The predicted octanol–water partition coefficient (Wildman–Crippen LogP) is 4.52. The second-order valence-electron chi connectivity index (χ2n) is 7.03. The standard InChI is InChI=1S/C23H20FN3O/c24-21-7-2-1-6-18(21)14-8-10-17(11-9-14)27-23(28)20-13-19(20)15-4-3-5-16(12-15)22(25)26/h1-12,19-20H,13H2,(H3,25,26)(H,27,28)/t19-,20-/m1/s1. The number of amidine groups is 1. The first-order valence-electron chi connectivity index (χ1n) is 9.13. The number of nitrogen functional groups attached to an aromatic ring is 1. The Morgan fingerprint density at radius 1 is 1.04 bits per heavy atom. The number of hydrogen-bond acceptors (Lipinski definition) is 2. The SMILES string of the molecule is N=C(N)c1cccc([C@H]2C[C@H]2C(=O)Nc2ccc(-c3ccccc3F)cc2)c1. The topological polar surface area (TPSA) is 79.0 Å². The van der Waals surface area contributed by atoms with Crippen molar-refractivity contribution < 1.29 is 9.18 Å². The van der Waals surface area contributed by atoms with E-state index in [0.29, 0.717) is 16.8 Å². The number of hydrogen-bond donors (Lipinski definition) is 3. The van der Waals surface area contributed by atoms with Gasteiger partial charge in [-0.1, -0.05) is 48.5 Å². The van der Waals surface area contributed by atoms with Gasteiger partial charge in [-0.25, -0.2) is 4.39 Å². The van der Waals surface area contributed by atoms with Crippen LogP contribution in [0.15, 0.2) is 72.8 Å². The van der Waals surface area contributed by atoms with Gasteiger partial charge in [-0.3, -0.25) is 10.2 Å². The van der Waals surface area contributed by atoms with Crippen LogP contribution in [-0.2, 0) is 4.79 Å². The molecule has 4 N–H and O–H groups in total. The van der Waals surface area contributed by atoms with Crippen molar-refractivity contribution in [3.63, 3.8) is 0 Å². The van der Waals surface area contributed by atoms with Gasteiger partial charge in [0.25, 0.3) is 0 Å². The fourth-order valence-corrected chi connectivity index (χ4v) is 3.45. The molecule has 0 aromatic heterocycles. The van der Waals surface area contributed by atoms with Crippen molar-refractivity contribution in [3.05, 3.63) is 89.7 Å². The number of halogens is 1. The molecule has 4 nitrogen and oxygen atoms in total. The maximum Gasteiger partial charge on any atom is 0.228 e. The van der Waals surface area contributed by atoms with Gasteiger partial charge >= 0.3 is 0 Å². The maximum atomic E-state index is 13.9. The van der Waals surface area contributed by atoms with Gasteiger partial charge < -0.3 is 11.1 Å². The summed E-state index contributed by atoms with van der Waals surface area (Å²) in [4.78, 5) is 12.5. The molecule has 2 atom stereocenters.